The summed E-state index contributed by atoms with van der Waals surface area (Å²) in [6.45, 7) is 5.09. The van der Waals surface area contributed by atoms with Crippen molar-refractivity contribution < 1.29 is 9.72 Å². The van der Waals surface area contributed by atoms with Crippen LogP contribution in [0.1, 0.15) is 30.6 Å². The lowest BCUT2D eigenvalue weighted by molar-refractivity contribution is -0.384. The Labute approximate surface area is 129 Å². The van der Waals surface area contributed by atoms with Crippen molar-refractivity contribution in [1.82, 2.24) is 10.6 Å². The number of nitrogens with zero attached hydrogens (tertiary/aromatic N) is 1. The molecule has 1 aliphatic rings. The first kappa shape index (κ1) is 17.4. The Bertz CT molecular complexity index is 514. The maximum atomic E-state index is 12.2. The van der Waals surface area contributed by atoms with E-state index in [9.17, 15) is 14.9 Å². The molecule has 1 fully saturated rings. The topological polar surface area (TPSA) is 84.3 Å². The van der Waals surface area contributed by atoms with Crippen molar-refractivity contribution in [2.75, 3.05) is 6.54 Å². The number of benzene rings is 1. The molecule has 0 saturated carbocycles. The summed E-state index contributed by atoms with van der Waals surface area (Å²) in [6.07, 6.45) is 1.00. The highest BCUT2D eigenvalue weighted by atomic mass is 35.5. The monoisotopic (exact) mass is 313 g/mol. The number of hydrogen-bond acceptors (Lipinski definition) is 4. The molecule has 0 aliphatic carbocycles. The average molecular weight is 314 g/mol. The van der Waals surface area contributed by atoms with Crippen LogP contribution in [0.3, 0.4) is 0 Å². The Balaban J connectivity index is 0.00000220. The lowest BCUT2D eigenvalue weighted by Gasteiger charge is -2.36. The van der Waals surface area contributed by atoms with Gasteiger partial charge in [-0.25, -0.2) is 0 Å². The molecule has 1 aliphatic heterocycles. The molecule has 3 atom stereocenters. The molecule has 1 aromatic carbocycles. The van der Waals surface area contributed by atoms with Gasteiger partial charge in [0.1, 0.15) is 0 Å². The molecular formula is C14H20ClN3O3. The maximum Gasteiger partial charge on any atom is 0.270 e. The molecule has 1 heterocycles. The van der Waals surface area contributed by atoms with Gasteiger partial charge in [0, 0.05) is 29.8 Å². The molecule has 6 nitrogen and oxygen atoms in total. The number of rotatable bonds is 3. The van der Waals surface area contributed by atoms with E-state index >= 15 is 0 Å². The fraction of sp³-hybridized carbons (Fsp3) is 0.500. The molecule has 3 unspecified atom stereocenters. The number of nitro groups is 1. The van der Waals surface area contributed by atoms with E-state index in [1.165, 1.54) is 18.2 Å². The summed E-state index contributed by atoms with van der Waals surface area (Å²) in [4.78, 5) is 22.5. The van der Waals surface area contributed by atoms with Crippen molar-refractivity contribution in [3.05, 3.63) is 39.9 Å². The summed E-state index contributed by atoms with van der Waals surface area (Å²) in [6, 6.07) is 6.04. The van der Waals surface area contributed by atoms with Crippen molar-refractivity contribution >= 4 is 24.0 Å². The van der Waals surface area contributed by atoms with E-state index in [4.69, 9.17) is 0 Å². The molecular weight excluding hydrogens is 294 g/mol. The summed E-state index contributed by atoms with van der Waals surface area (Å²) in [7, 11) is 0. The zero-order valence-corrected chi connectivity index (χ0v) is 12.9. The summed E-state index contributed by atoms with van der Waals surface area (Å²) < 4.78 is 0. The Hall–Kier alpha value is -1.66. The molecule has 2 rings (SSSR count). The lowest BCUT2D eigenvalue weighted by Crippen LogP contribution is -2.55. The quantitative estimate of drug-likeness (QED) is 0.661. The maximum absolute atomic E-state index is 12.2. The number of hydrogen-bond donors (Lipinski definition) is 2. The molecule has 1 aromatic rings. The van der Waals surface area contributed by atoms with Crippen LogP contribution < -0.4 is 10.6 Å². The minimum Gasteiger partial charge on any atom is -0.347 e. The Morgan fingerprint density at radius 2 is 2.14 bits per heavy atom. The van der Waals surface area contributed by atoms with Gasteiger partial charge in [-0.3, -0.25) is 14.9 Å². The number of amides is 1. The Morgan fingerprint density at radius 3 is 2.76 bits per heavy atom. The third-order valence-corrected chi connectivity index (χ3v) is 3.83. The van der Waals surface area contributed by atoms with Crippen LogP contribution in [0.4, 0.5) is 5.69 Å². The van der Waals surface area contributed by atoms with E-state index in [1.54, 1.807) is 6.07 Å². The van der Waals surface area contributed by atoms with Gasteiger partial charge in [0.05, 0.1) is 4.92 Å². The van der Waals surface area contributed by atoms with Crippen molar-refractivity contribution in [2.45, 2.75) is 32.4 Å². The first-order valence-electron chi connectivity index (χ1n) is 6.77. The van der Waals surface area contributed by atoms with Crippen LogP contribution in [0.2, 0.25) is 0 Å². The highest BCUT2D eigenvalue weighted by Gasteiger charge is 2.29. The summed E-state index contributed by atoms with van der Waals surface area (Å²) >= 11 is 0. The Kier molecular flexibility index (Phi) is 6.11. The normalized spacial score (nSPS) is 24.8. The van der Waals surface area contributed by atoms with Crippen molar-refractivity contribution in [2.24, 2.45) is 5.92 Å². The van der Waals surface area contributed by atoms with Gasteiger partial charge in [-0.2, -0.15) is 0 Å². The van der Waals surface area contributed by atoms with Crippen LogP contribution in [0.5, 0.6) is 0 Å². The van der Waals surface area contributed by atoms with Gasteiger partial charge in [-0.15, -0.1) is 12.4 Å². The number of nitrogens with one attached hydrogen (secondary N) is 2. The minimum atomic E-state index is -0.496. The van der Waals surface area contributed by atoms with E-state index in [0.29, 0.717) is 11.5 Å². The molecule has 0 aromatic heterocycles. The molecule has 0 bridgehead atoms. The first-order chi connectivity index (χ1) is 9.49. The second kappa shape index (κ2) is 7.38. The molecule has 116 valence electrons. The number of piperidine rings is 1. The molecule has 21 heavy (non-hydrogen) atoms. The van der Waals surface area contributed by atoms with Crippen LogP contribution in [-0.4, -0.2) is 29.5 Å². The molecule has 0 spiro atoms. The van der Waals surface area contributed by atoms with Gasteiger partial charge in [-0.1, -0.05) is 13.0 Å². The zero-order valence-electron chi connectivity index (χ0n) is 12.0. The van der Waals surface area contributed by atoms with Crippen LogP contribution in [0, 0.1) is 16.0 Å². The highest BCUT2D eigenvalue weighted by molar-refractivity contribution is 5.95. The van der Waals surface area contributed by atoms with Crippen molar-refractivity contribution in [3.8, 4) is 0 Å². The molecule has 7 heteroatoms. The summed E-state index contributed by atoms with van der Waals surface area (Å²) in [5.74, 6) is 0.120. The molecule has 1 amide bonds. The van der Waals surface area contributed by atoms with E-state index in [0.717, 1.165) is 13.0 Å². The van der Waals surface area contributed by atoms with Gasteiger partial charge in [0.2, 0.25) is 0 Å². The number of carbonyl (C=O) groups excluding carboxylic acids is 1. The van der Waals surface area contributed by atoms with Crippen molar-refractivity contribution in [3.63, 3.8) is 0 Å². The second-order valence-electron chi connectivity index (χ2n) is 5.32. The molecule has 2 N–H and O–H groups in total. The summed E-state index contributed by atoms with van der Waals surface area (Å²) in [5, 5.41) is 17.0. The Morgan fingerprint density at radius 1 is 1.43 bits per heavy atom. The molecule has 1 saturated heterocycles. The van der Waals surface area contributed by atoms with Crippen LogP contribution in [-0.2, 0) is 0 Å². The van der Waals surface area contributed by atoms with Gasteiger partial charge in [0.15, 0.2) is 0 Å². The van der Waals surface area contributed by atoms with Gasteiger partial charge in [-0.05, 0) is 31.9 Å². The standard InChI is InChI=1S/C14H19N3O3.ClH/c1-9-6-7-15-10(2)13(9)16-14(18)11-4-3-5-12(8-11)17(19)20;/h3-5,8-10,13,15H,6-7H2,1-2H3,(H,16,18);1H. The third kappa shape index (κ3) is 4.15. The fourth-order valence-corrected chi connectivity index (χ4v) is 2.60. The number of nitro benzene ring substituents is 1. The number of halogens is 1. The smallest absolute Gasteiger partial charge is 0.270 e. The first-order valence-corrected chi connectivity index (χ1v) is 6.77. The van der Waals surface area contributed by atoms with Gasteiger partial charge in [0.25, 0.3) is 11.6 Å². The third-order valence-electron chi connectivity index (χ3n) is 3.83. The highest BCUT2D eigenvalue weighted by Crippen LogP contribution is 2.18. The van der Waals surface area contributed by atoms with Crippen LogP contribution in [0.25, 0.3) is 0 Å². The van der Waals surface area contributed by atoms with E-state index in [1.807, 2.05) is 6.92 Å². The largest absolute Gasteiger partial charge is 0.347 e. The molecule has 0 radical (unpaired) electrons. The average Bonchev–Trinajstić information content (AvgIpc) is 2.43. The van der Waals surface area contributed by atoms with E-state index in [2.05, 4.69) is 17.6 Å². The minimum absolute atomic E-state index is 0. The number of non-ortho nitro benzene ring substituents is 1. The predicted octanol–water partition coefficient (Wildman–Crippen LogP) is 2.13. The fourth-order valence-electron chi connectivity index (χ4n) is 2.60. The van der Waals surface area contributed by atoms with Crippen LogP contribution >= 0.6 is 12.4 Å². The van der Waals surface area contributed by atoms with Gasteiger partial charge < -0.3 is 10.6 Å². The van der Waals surface area contributed by atoms with Gasteiger partial charge >= 0.3 is 0 Å². The lowest BCUT2D eigenvalue weighted by atomic mass is 9.89. The SMILES string of the molecule is CC1CCNC(C)C1NC(=O)c1cccc([N+](=O)[O-])c1.Cl. The van der Waals surface area contributed by atoms with Crippen molar-refractivity contribution in [1.29, 1.82) is 0 Å². The number of carbonyl (C=O) groups is 1. The second-order valence-corrected chi connectivity index (χ2v) is 5.32. The van der Waals surface area contributed by atoms with E-state index < -0.39 is 4.92 Å². The predicted molar refractivity (Wildman–Crippen MR) is 82.8 cm³/mol. The van der Waals surface area contributed by atoms with E-state index in [-0.39, 0.29) is 36.1 Å². The summed E-state index contributed by atoms with van der Waals surface area (Å²) in [5.41, 5.74) is 0.254. The van der Waals surface area contributed by atoms with Crippen LogP contribution in [0.15, 0.2) is 24.3 Å². The zero-order chi connectivity index (χ0) is 14.7.